The molecule has 26 heavy (non-hydrogen) atoms. The number of hydrogen-bond acceptors (Lipinski definition) is 4. The summed E-state index contributed by atoms with van der Waals surface area (Å²) >= 11 is 11.9. The first-order valence-corrected chi connectivity index (χ1v) is 8.89. The van der Waals surface area contributed by atoms with Crippen molar-refractivity contribution in [1.29, 1.82) is 0 Å². The Labute approximate surface area is 158 Å². The van der Waals surface area contributed by atoms with Crippen molar-refractivity contribution < 1.29 is 9.21 Å². The van der Waals surface area contributed by atoms with Gasteiger partial charge < -0.3 is 14.2 Å². The third-order valence-electron chi connectivity index (χ3n) is 4.50. The Morgan fingerprint density at radius 2 is 1.77 bits per heavy atom. The number of H-pyrrole nitrogens is 1. The molecule has 4 rings (SSSR count). The number of carbonyl (C=O) groups excluding carboxylic acids is 1. The third kappa shape index (κ3) is 3.18. The summed E-state index contributed by atoms with van der Waals surface area (Å²) in [5.41, 5.74) is 2.72. The highest BCUT2D eigenvalue weighted by molar-refractivity contribution is 6.42. The molecule has 6 nitrogen and oxygen atoms in total. The molecule has 2 heterocycles. The quantitative estimate of drug-likeness (QED) is 0.726. The van der Waals surface area contributed by atoms with E-state index >= 15 is 0 Å². The first kappa shape index (κ1) is 17.0. The highest BCUT2D eigenvalue weighted by Gasteiger charge is 2.23. The van der Waals surface area contributed by atoms with Crippen LogP contribution in [0, 0.1) is 0 Å². The number of fused-ring (bicyclic) bond motifs is 1. The van der Waals surface area contributed by atoms with Crippen LogP contribution in [0.25, 0.3) is 11.1 Å². The molecule has 2 aromatic carbocycles. The maximum atomic E-state index is 12.6. The highest BCUT2D eigenvalue weighted by atomic mass is 35.5. The van der Waals surface area contributed by atoms with Gasteiger partial charge in [0.1, 0.15) is 0 Å². The number of amides is 1. The van der Waals surface area contributed by atoms with Crippen LogP contribution in [0.4, 0.5) is 5.69 Å². The Morgan fingerprint density at radius 1 is 1.00 bits per heavy atom. The fraction of sp³-hybridized carbons (Fsp3) is 0.222. The summed E-state index contributed by atoms with van der Waals surface area (Å²) in [4.78, 5) is 30.5. The van der Waals surface area contributed by atoms with Gasteiger partial charge in [-0.3, -0.25) is 9.78 Å². The maximum absolute atomic E-state index is 12.6. The molecule has 0 radical (unpaired) electrons. The average molecular weight is 392 g/mol. The number of aromatic nitrogens is 1. The highest BCUT2D eigenvalue weighted by Crippen LogP contribution is 2.25. The van der Waals surface area contributed by atoms with Crippen molar-refractivity contribution in [1.82, 2.24) is 9.88 Å². The topological polar surface area (TPSA) is 69.6 Å². The van der Waals surface area contributed by atoms with Gasteiger partial charge in [-0.05, 0) is 36.4 Å². The zero-order valence-electron chi connectivity index (χ0n) is 13.7. The number of benzene rings is 2. The lowest BCUT2D eigenvalue weighted by Crippen LogP contribution is -2.48. The largest absolute Gasteiger partial charge is 0.417 e. The van der Waals surface area contributed by atoms with Gasteiger partial charge in [0.25, 0.3) is 5.91 Å². The average Bonchev–Trinajstić information content (AvgIpc) is 3.02. The number of oxazole rings is 1. The summed E-state index contributed by atoms with van der Waals surface area (Å²) in [6.45, 7) is 2.58. The number of carbonyl (C=O) groups is 1. The van der Waals surface area contributed by atoms with Crippen molar-refractivity contribution in [3.8, 4) is 0 Å². The molecule has 0 atom stereocenters. The summed E-state index contributed by atoms with van der Waals surface area (Å²) in [7, 11) is 0. The van der Waals surface area contributed by atoms with Crippen LogP contribution in [-0.2, 0) is 0 Å². The molecule has 1 amide bonds. The summed E-state index contributed by atoms with van der Waals surface area (Å²) in [5, 5.41) is 0.805. The Bertz CT molecular complexity index is 1040. The van der Waals surface area contributed by atoms with Crippen molar-refractivity contribution in [2.45, 2.75) is 0 Å². The van der Waals surface area contributed by atoms with Gasteiger partial charge in [-0.1, -0.05) is 23.2 Å². The number of hydrogen-bond donors (Lipinski definition) is 1. The molecule has 1 aliphatic rings. The minimum Gasteiger partial charge on any atom is -0.408 e. The summed E-state index contributed by atoms with van der Waals surface area (Å²) in [6, 6.07) is 10.5. The van der Waals surface area contributed by atoms with Gasteiger partial charge in [0.05, 0.1) is 15.6 Å². The SMILES string of the molecule is O=C(c1ccc(Cl)c(Cl)c1)N1CCN(c2ccc3oc(=O)[nH]c3c2)CC1. The predicted octanol–water partition coefficient (Wildman–Crippen LogP) is 3.39. The van der Waals surface area contributed by atoms with E-state index in [0.717, 1.165) is 5.69 Å². The second-order valence-electron chi connectivity index (χ2n) is 6.10. The molecule has 1 aliphatic heterocycles. The summed E-state index contributed by atoms with van der Waals surface area (Å²) in [5.74, 6) is -0.521. The molecule has 3 aromatic rings. The molecule has 134 valence electrons. The van der Waals surface area contributed by atoms with Crippen molar-refractivity contribution >= 4 is 45.9 Å². The van der Waals surface area contributed by atoms with Gasteiger partial charge in [0.2, 0.25) is 0 Å². The van der Waals surface area contributed by atoms with Crippen LogP contribution in [0.1, 0.15) is 10.4 Å². The van der Waals surface area contributed by atoms with Gasteiger partial charge in [0, 0.05) is 37.4 Å². The normalized spacial score (nSPS) is 14.8. The molecule has 1 aromatic heterocycles. The zero-order valence-corrected chi connectivity index (χ0v) is 15.2. The third-order valence-corrected chi connectivity index (χ3v) is 5.24. The van der Waals surface area contributed by atoms with Gasteiger partial charge in [0.15, 0.2) is 5.58 Å². The number of nitrogens with zero attached hydrogens (tertiary/aromatic N) is 2. The van der Waals surface area contributed by atoms with Crippen molar-refractivity contribution in [3.05, 3.63) is 62.6 Å². The van der Waals surface area contributed by atoms with Crippen LogP contribution in [-0.4, -0.2) is 42.0 Å². The first-order chi connectivity index (χ1) is 12.5. The number of anilines is 1. The van der Waals surface area contributed by atoms with E-state index in [4.69, 9.17) is 27.6 Å². The summed E-state index contributed by atoms with van der Waals surface area (Å²) in [6.07, 6.45) is 0. The van der Waals surface area contributed by atoms with Crippen molar-refractivity contribution in [2.75, 3.05) is 31.1 Å². The minimum atomic E-state index is -0.464. The fourth-order valence-corrected chi connectivity index (χ4v) is 3.41. The number of halogens is 2. The Morgan fingerprint density at radius 3 is 2.50 bits per heavy atom. The number of rotatable bonds is 2. The van der Waals surface area contributed by atoms with Crippen molar-refractivity contribution in [3.63, 3.8) is 0 Å². The van der Waals surface area contributed by atoms with Crippen LogP contribution in [0.3, 0.4) is 0 Å². The summed E-state index contributed by atoms with van der Waals surface area (Å²) < 4.78 is 5.02. The van der Waals surface area contributed by atoms with E-state index in [1.54, 1.807) is 29.2 Å². The standard InChI is InChI=1S/C18H15Cl2N3O3/c19-13-3-1-11(9-14(13)20)17(24)23-7-5-22(6-8-23)12-2-4-16-15(10-12)21-18(25)26-16/h1-4,9-10H,5-8H2,(H,21,25). The maximum Gasteiger partial charge on any atom is 0.417 e. The zero-order chi connectivity index (χ0) is 18.3. The molecule has 0 bridgehead atoms. The number of aromatic amines is 1. The Hall–Kier alpha value is -2.44. The van der Waals surface area contributed by atoms with E-state index in [2.05, 4.69) is 9.88 Å². The van der Waals surface area contributed by atoms with Crippen LogP contribution in [0.2, 0.25) is 10.0 Å². The van der Waals surface area contributed by atoms with E-state index in [-0.39, 0.29) is 5.91 Å². The molecule has 0 aliphatic carbocycles. The van der Waals surface area contributed by atoms with Gasteiger partial charge in [-0.25, -0.2) is 4.79 Å². The first-order valence-electron chi connectivity index (χ1n) is 8.13. The number of nitrogens with one attached hydrogen (secondary N) is 1. The molecular weight excluding hydrogens is 377 g/mol. The smallest absolute Gasteiger partial charge is 0.408 e. The monoisotopic (exact) mass is 391 g/mol. The van der Waals surface area contributed by atoms with E-state index in [0.29, 0.717) is 52.9 Å². The van der Waals surface area contributed by atoms with E-state index < -0.39 is 5.76 Å². The van der Waals surface area contributed by atoms with Crippen LogP contribution in [0.15, 0.2) is 45.6 Å². The van der Waals surface area contributed by atoms with E-state index in [1.165, 1.54) is 0 Å². The predicted molar refractivity (Wildman–Crippen MR) is 101 cm³/mol. The van der Waals surface area contributed by atoms with Gasteiger partial charge in [-0.15, -0.1) is 0 Å². The lowest BCUT2D eigenvalue weighted by atomic mass is 10.1. The second kappa shape index (κ2) is 6.70. The molecule has 0 unspecified atom stereocenters. The molecule has 1 fully saturated rings. The van der Waals surface area contributed by atoms with Crippen LogP contribution >= 0.6 is 23.2 Å². The fourth-order valence-electron chi connectivity index (χ4n) is 3.12. The van der Waals surface area contributed by atoms with Crippen LogP contribution in [0.5, 0.6) is 0 Å². The molecule has 0 saturated carbocycles. The van der Waals surface area contributed by atoms with Gasteiger partial charge >= 0.3 is 5.76 Å². The Balaban J connectivity index is 1.46. The Kier molecular flexibility index (Phi) is 4.38. The van der Waals surface area contributed by atoms with Crippen molar-refractivity contribution in [2.24, 2.45) is 0 Å². The molecule has 0 spiro atoms. The van der Waals surface area contributed by atoms with E-state index in [1.807, 2.05) is 12.1 Å². The van der Waals surface area contributed by atoms with Gasteiger partial charge in [-0.2, -0.15) is 0 Å². The lowest BCUT2D eigenvalue weighted by Gasteiger charge is -2.36. The molecular formula is C18H15Cl2N3O3. The lowest BCUT2D eigenvalue weighted by molar-refractivity contribution is 0.0747. The molecule has 1 saturated heterocycles. The second-order valence-corrected chi connectivity index (χ2v) is 6.92. The molecule has 8 heteroatoms. The molecule has 1 N–H and O–H groups in total. The van der Waals surface area contributed by atoms with E-state index in [9.17, 15) is 9.59 Å². The number of piperazine rings is 1. The minimum absolute atomic E-state index is 0.0576. The van der Waals surface area contributed by atoms with Crippen LogP contribution < -0.4 is 10.7 Å².